The Hall–Kier alpha value is -2.95. The summed E-state index contributed by atoms with van der Waals surface area (Å²) in [5, 5.41) is 12.9. The third-order valence-corrected chi connectivity index (χ3v) is 5.53. The molecule has 0 aliphatic rings. The van der Waals surface area contributed by atoms with Crippen LogP contribution in [0.15, 0.2) is 23.2 Å². The summed E-state index contributed by atoms with van der Waals surface area (Å²) < 4.78 is 10.9. The van der Waals surface area contributed by atoms with E-state index in [-0.39, 0.29) is 18.1 Å². The molecule has 194 valence electrons. The number of aliphatic hydroxyl groups excluding tert-OH is 1. The molecule has 1 aromatic heterocycles. The average molecular weight is 488 g/mol. The van der Waals surface area contributed by atoms with Crippen LogP contribution >= 0.6 is 0 Å². The summed E-state index contributed by atoms with van der Waals surface area (Å²) in [7, 11) is 3.35. The first-order valence-corrected chi connectivity index (χ1v) is 11.9. The van der Waals surface area contributed by atoms with Crippen LogP contribution in [-0.2, 0) is 17.8 Å². The number of nitrogens with one attached hydrogen (secondary N) is 1. The molecule has 0 fully saturated rings. The molecule has 0 spiro atoms. The quantitative estimate of drug-likeness (QED) is 0.278. The molecule has 0 amide bonds. The van der Waals surface area contributed by atoms with Gasteiger partial charge in [-0.1, -0.05) is 25.5 Å². The van der Waals surface area contributed by atoms with Crippen molar-refractivity contribution in [3.05, 3.63) is 35.0 Å². The molecule has 0 aliphatic carbocycles. The third kappa shape index (κ3) is 8.65. The van der Waals surface area contributed by atoms with Crippen molar-refractivity contribution >= 4 is 23.7 Å². The van der Waals surface area contributed by atoms with Gasteiger partial charge in [-0.3, -0.25) is 4.99 Å². The van der Waals surface area contributed by atoms with E-state index in [0.29, 0.717) is 43.4 Å². The molecule has 1 heterocycles. The highest BCUT2D eigenvalue weighted by molar-refractivity contribution is 5.89. The predicted octanol–water partition coefficient (Wildman–Crippen LogP) is 2.38. The molecule has 10 heteroatoms. The van der Waals surface area contributed by atoms with Gasteiger partial charge >= 0.3 is 0 Å². The number of anilines is 3. The van der Waals surface area contributed by atoms with E-state index >= 15 is 0 Å². The zero-order valence-electron chi connectivity index (χ0n) is 21.7. The van der Waals surface area contributed by atoms with Gasteiger partial charge in [-0.05, 0) is 31.9 Å². The van der Waals surface area contributed by atoms with Gasteiger partial charge in [-0.25, -0.2) is 4.98 Å². The number of aliphatic hydroxyl groups is 1. The van der Waals surface area contributed by atoms with Crippen molar-refractivity contribution in [3.63, 3.8) is 0 Å². The number of hydrogen-bond acceptors (Lipinski definition) is 10. The Bertz CT molecular complexity index is 966. The molecule has 2 aromatic rings. The highest BCUT2D eigenvalue weighted by Crippen LogP contribution is 2.25. The molecule has 0 aliphatic heterocycles. The summed E-state index contributed by atoms with van der Waals surface area (Å²) in [4.78, 5) is 15.0. The number of ether oxygens (including phenoxy) is 2. The molecular formula is C25H41N7O3. The minimum atomic E-state index is -0.133. The predicted molar refractivity (Wildman–Crippen MR) is 142 cm³/mol. The van der Waals surface area contributed by atoms with Crippen LogP contribution in [0.25, 0.3) is 0 Å². The lowest BCUT2D eigenvalue weighted by molar-refractivity contribution is 0.127. The lowest BCUT2D eigenvalue weighted by atomic mass is 10.1. The maximum Gasteiger partial charge on any atom is 0.222 e. The van der Waals surface area contributed by atoms with Crippen molar-refractivity contribution in [1.82, 2.24) is 15.3 Å². The van der Waals surface area contributed by atoms with E-state index in [1.807, 2.05) is 17.0 Å². The zero-order chi connectivity index (χ0) is 25.8. The van der Waals surface area contributed by atoms with Crippen molar-refractivity contribution in [2.75, 3.05) is 56.9 Å². The van der Waals surface area contributed by atoms with Gasteiger partial charge in [-0.15, -0.1) is 0 Å². The Morgan fingerprint density at radius 2 is 1.97 bits per heavy atom. The Balaban J connectivity index is 2.17. The molecule has 0 atom stereocenters. The first-order chi connectivity index (χ1) is 16.7. The number of nitrogens with two attached hydrogens (primary N) is 2. The second-order valence-corrected chi connectivity index (χ2v) is 9.05. The van der Waals surface area contributed by atoms with Gasteiger partial charge in [0.25, 0.3) is 0 Å². The maximum absolute atomic E-state index is 9.46. The topological polar surface area (TPSA) is 144 Å². The molecule has 0 bridgehead atoms. The van der Waals surface area contributed by atoms with E-state index in [1.165, 1.54) is 0 Å². The van der Waals surface area contributed by atoms with E-state index in [1.54, 1.807) is 20.4 Å². The van der Waals surface area contributed by atoms with Crippen LogP contribution in [0, 0.1) is 0 Å². The number of methoxy groups -OCH3 is 2. The molecular weight excluding hydrogens is 446 g/mol. The van der Waals surface area contributed by atoms with E-state index in [4.69, 9.17) is 20.9 Å². The second-order valence-electron chi connectivity index (χ2n) is 9.05. The number of aliphatic imine (C=N–C) groups is 1. The standard InChI is InChI=1S/C25H41N7O3/c1-6-7-10-32(11-12-33)23-22(26)20(30-24(27)31-23)16-28-15-19-9-8-18(13-21(19)35-5)14-29-25(2,3)17-34-4/h8-9,13,16,29,33H,6-7,10-12,14-15,17,26H2,1-5H3,(H2,27,30,31). The molecule has 2 rings (SSSR count). The number of nitrogens with zero attached hydrogens (tertiary/aromatic N) is 4. The number of benzene rings is 1. The first kappa shape index (κ1) is 28.3. The van der Waals surface area contributed by atoms with Gasteiger partial charge in [0.1, 0.15) is 17.1 Å². The van der Waals surface area contributed by atoms with Crippen molar-refractivity contribution in [1.29, 1.82) is 0 Å². The van der Waals surface area contributed by atoms with Crippen LogP contribution in [-0.4, -0.2) is 67.4 Å². The molecule has 10 nitrogen and oxygen atoms in total. The number of hydrogen-bond donors (Lipinski definition) is 4. The van der Waals surface area contributed by atoms with E-state index < -0.39 is 0 Å². The summed E-state index contributed by atoms with van der Waals surface area (Å²) >= 11 is 0. The maximum atomic E-state index is 9.46. The second kappa shape index (κ2) is 13.8. The van der Waals surface area contributed by atoms with Crippen LogP contribution in [0.2, 0.25) is 0 Å². The summed E-state index contributed by atoms with van der Waals surface area (Å²) in [5.74, 6) is 1.39. The molecule has 0 unspecified atom stereocenters. The van der Waals surface area contributed by atoms with Crippen LogP contribution < -0.4 is 26.4 Å². The smallest absolute Gasteiger partial charge is 0.222 e. The van der Waals surface area contributed by atoms with Crippen LogP contribution in [0.3, 0.4) is 0 Å². The van der Waals surface area contributed by atoms with Crippen LogP contribution in [0.1, 0.15) is 50.4 Å². The van der Waals surface area contributed by atoms with Crippen LogP contribution in [0.5, 0.6) is 5.75 Å². The Morgan fingerprint density at radius 1 is 1.20 bits per heavy atom. The first-order valence-electron chi connectivity index (χ1n) is 11.9. The largest absolute Gasteiger partial charge is 0.496 e. The highest BCUT2D eigenvalue weighted by Gasteiger charge is 2.17. The minimum absolute atomic E-state index is 0.00826. The normalized spacial score (nSPS) is 11.8. The summed E-state index contributed by atoms with van der Waals surface area (Å²) in [6.45, 7) is 9.12. The van der Waals surface area contributed by atoms with Crippen LogP contribution in [0.4, 0.5) is 17.5 Å². The Labute approximate surface area is 208 Å². The fourth-order valence-corrected chi connectivity index (χ4v) is 3.64. The SMILES string of the molecule is CCCCN(CCO)c1nc(N)nc(C=NCc2ccc(CNC(C)(C)COC)cc2OC)c1N. The fraction of sp³-hybridized carbons (Fsp3) is 0.560. The number of aromatic nitrogens is 2. The van der Waals surface area contributed by atoms with E-state index in [2.05, 4.69) is 47.1 Å². The van der Waals surface area contributed by atoms with Gasteiger partial charge in [0.05, 0.1) is 26.9 Å². The summed E-state index contributed by atoms with van der Waals surface area (Å²) in [6.07, 6.45) is 3.57. The summed E-state index contributed by atoms with van der Waals surface area (Å²) in [6, 6.07) is 6.07. The molecule has 6 N–H and O–H groups in total. The Morgan fingerprint density at radius 3 is 2.63 bits per heavy atom. The number of nitrogen functional groups attached to an aromatic ring is 2. The van der Waals surface area contributed by atoms with Gasteiger partial charge in [-0.2, -0.15) is 4.98 Å². The van der Waals surface area contributed by atoms with Gasteiger partial charge in [0.2, 0.25) is 5.95 Å². The van der Waals surface area contributed by atoms with E-state index in [9.17, 15) is 5.11 Å². The number of unbranched alkanes of at least 4 members (excludes halogenated alkanes) is 1. The average Bonchev–Trinajstić information content (AvgIpc) is 2.83. The van der Waals surface area contributed by atoms with Crippen molar-refractivity contribution in [2.24, 2.45) is 4.99 Å². The van der Waals surface area contributed by atoms with Gasteiger partial charge in [0, 0.05) is 44.1 Å². The lowest BCUT2D eigenvalue weighted by Gasteiger charge is -2.25. The monoisotopic (exact) mass is 487 g/mol. The highest BCUT2D eigenvalue weighted by atomic mass is 16.5. The Kier molecular flexibility index (Phi) is 11.2. The van der Waals surface area contributed by atoms with Crippen molar-refractivity contribution in [3.8, 4) is 5.75 Å². The third-order valence-electron chi connectivity index (χ3n) is 5.53. The minimum Gasteiger partial charge on any atom is -0.496 e. The molecule has 0 saturated heterocycles. The molecule has 35 heavy (non-hydrogen) atoms. The van der Waals surface area contributed by atoms with E-state index in [0.717, 1.165) is 36.3 Å². The van der Waals surface area contributed by atoms with Gasteiger partial charge in [0.15, 0.2) is 5.82 Å². The summed E-state index contributed by atoms with van der Waals surface area (Å²) in [5.41, 5.74) is 15.1. The molecule has 0 radical (unpaired) electrons. The molecule has 0 saturated carbocycles. The van der Waals surface area contributed by atoms with Crippen molar-refractivity contribution < 1.29 is 14.6 Å². The van der Waals surface area contributed by atoms with Crippen molar-refractivity contribution in [2.45, 2.75) is 52.2 Å². The number of rotatable bonds is 15. The fourth-order valence-electron chi connectivity index (χ4n) is 3.64. The zero-order valence-corrected chi connectivity index (χ0v) is 21.7. The lowest BCUT2D eigenvalue weighted by Crippen LogP contribution is -2.42. The molecule has 1 aromatic carbocycles. The van der Waals surface area contributed by atoms with Gasteiger partial charge < -0.3 is 36.3 Å².